The van der Waals surface area contributed by atoms with E-state index in [1.54, 1.807) is 7.11 Å². The topological polar surface area (TPSA) is 53.1 Å². The van der Waals surface area contributed by atoms with E-state index in [9.17, 15) is 0 Å². The van der Waals surface area contributed by atoms with Gasteiger partial charge in [0.15, 0.2) is 0 Å². The van der Waals surface area contributed by atoms with Gasteiger partial charge in [0.25, 0.3) is 0 Å². The zero-order chi connectivity index (χ0) is 9.14. The predicted molar refractivity (Wildman–Crippen MR) is 48.0 cm³/mol. The fraction of sp³-hybridized carbons (Fsp3) is 0.625. The van der Waals surface area contributed by atoms with E-state index in [4.69, 9.17) is 10.5 Å². The maximum atomic E-state index is 5.65. The van der Waals surface area contributed by atoms with Crippen molar-refractivity contribution in [2.24, 2.45) is 0 Å². The summed E-state index contributed by atoms with van der Waals surface area (Å²) in [5.41, 5.74) is 7.26. The number of hydrogen-bond acceptors (Lipinski definition) is 3. The smallest absolute Gasteiger partial charge is 0.0823 e. The average Bonchev–Trinajstić information content (AvgIpc) is 2.33. The molecule has 1 rings (SSSR count). The van der Waals surface area contributed by atoms with Crippen molar-refractivity contribution in [1.29, 1.82) is 0 Å². The number of ether oxygens (including phenoxy) is 1. The van der Waals surface area contributed by atoms with Crippen molar-refractivity contribution in [3.05, 3.63) is 11.9 Å². The molecule has 68 valence electrons. The molecule has 0 bridgehead atoms. The van der Waals surface area contributed by atoms with Crippen LogP contribution in [0, 0.1) is 6.92 Å². The number of aromatic nitrogens is 2. The summed E-state index contributed by atoms with van der Waals surface area (Å²) >= 11 is 0. The third-order valence-corrected chi connectivity index (χ3v) is 1.81. The van der Waals surface area contributed by atoms with Crippen LogP contribution >= 0.6 is 0 Å². The van der Waals surface area contributed by atoms with Crippen LogP contribution in [0.3, 0.4) is 0 Å². The van der Waals surface area contributed by atoms with Crippen molar-refractivity contribution in [2.75, 3.05) is 19.5 Å². The van der Waals surface area contributed by atoms with Gasteiger partial charge in [-0.25, -0.2) is 0 Å². The van der Waals surface area contributed by atoms with E-state index in [0.717, 1.165) is 11.4 Å². The van der Waals surface area contributed by atoms with Gasteiger partial charge in [-0.2, -0.15) is 5.10 Å². The number of nitrogen functional groups attached to an aromatic ring is 1. The van der Waals surface area contributed by atoms with Crippen molar-refractivity contribution < 1.29 is 4.74 Å². The zero-order valence-corrected chi connectivity index (χ0v) is 7.74. The molecule has 0 saturated heterocycles. The first kappa shape index (κ1) is 9.06. The van der Waals surface area contributed by atoms with Crippen LogP contribution in [0.15, 0.2) is 6.20 Å². The van der Waals surface area contributed by atoms with Gasteiger partial charge >= 0.3 is 0 Å². The van der Waals surface area contributed by atoms with E-state index < -0.39 is 0 Å². The molecule has 0 fully saturated rings. The Labute approximate surface area is 72.3 Å². The third-order valence-electron chi connectivity index (χ3n) is 1.81. The summed E-state index contributed by atoms with van der Waals surface area (Å²) < 4.78 is 6.83. The van der Waals surface area contributed by atoms with Gasteiger partial charge in [-0.15, -0.1) is 0 Å². The van der Waals surface area contributed by atoms with Gasteiger partial charge in [0.2, 0.25) is 0 Å². The summed E-state index contributed by atoms with van der Waals surface area (Å²) in [4.78, 5) is 0. The van der Waals surface area contributed by atoms with E-state index in [-0.39, 0.29) is 6.04 Å². The SMILES string of the molecule is COCC(C)n1cc(N)c(C)n1. The number of anilines is 1. The minimum absolute atomic E-state index is 0.242. The number of nitrogens with zero attached hydrogens (tertiary/aromatic N) is 2. The van der Waals surface area contributed by atoms with Crippen molar-refractivity contribution in [2.45, 2.75) is 19.9 Å². The molecule has 1 atom stereocenters. The summed E-state index contributed by atoms with van der Waals surface area (Å²) in [6.07, 6.45) is 1.83. The van der Waals surface area contributed by atoms with E-state index in [0.29, 0.717) is 6.61 Å². The van der Waals surface area contributed by atoms with Crippen LogP contribution in [0.5, 0.6) is 0 Å². The molecule has 1 aromatic rings. The van der Waals surface area contributed by atoms with Gasteiger partial charge in [-0.05, 0) is 13.8 Å². The highest BCUT2D eigenvalue weighted by atomic mass is 16.5. The Morgan fingerprint density at radius 1 is 1.75 bits per heavy atom. The lowest BCUT2D eigenvalue weighted by Crippen LogP contribution is -2.11. The lowest BCUT2D eigenvalue weighted by molar-refractivity contribution is 0.157. The Morgan fingerprint density at radius 2 is 2.42 bits per heavy atom. The van der Waals surface area contributed by atoms with Crippen molar-refractivity contribution >= 4 is 5.69 Å². The monoisotopic (exact) mass is 169 g/mol. The molecular formula is C8H15N3O. The second-order valence-corrected chi connectivity index (χ2v) is 2.95. The summed E-state index contributed by atoms with van der Waals surface area (Å²) in [6.45, 7) is 4.58. The summed E-state index contributed by atoms with van der Waals surface area (Å²) in [5.74, 6) is 0. The molecule has 0 saturated carbocycles. The second-order valence-electron chi connectivity index (χ2n) is 2.95. The molecule has 0 radical (unpaired) electrons. The highest BCUT2D eigenvalue weighted by Crippen LogP contribution is 2.11. The lowest BCUT2D eigenvalue weighted by Gasteiger charge is -2.09. The number of rotatable bonds is 3. The molecule has 12 heavy (non-hydrogen) atoms. The molecule has 0 aliphatic heterocycles. The molecule has 2 N–H and O–H groups in total. The molecule has 0 amide bonds. The highest BCUT2D eigenvalue weighted by molar-refractivity contribution is 5.39. The summed E-state index contributed by atoms with van der Waals surface area (Å²) in [5, 5.41) is 4.24. The van der Waals surface area contributed by atoms with Gasteiger partial charge in [0, 0.05) is 13.3 Å². The van der Waals surface area contributed by atoms with Crippen LogP contribution in [0.2, 0.25) is 0 Å². The summed E-state index contributed by atoms with van der Waals surface area (Å²) in [7, 11) is 1.68. The Bertz CT molecular complexity index is 237. The number of hydrogen-bond donors (Lipinski definition) is 1. The predicted octanol–water partition coefficient (Wildman–Crippen LogP) is 0.981. The molecule has 4 nitrogen and oxygen atoms in total. The van der Waals surface area contributed by atoms with E-state index in [1.165, 1.54) is 0 Å². The van der Waals surface area contributed by atoms with Crippen molar-refractivity contribution in [1.82, 2.24) is 9.78 Å². The molecule has 0 aliphatic rings. The molecule has 0 aliphatic carbocycles. The van der Waals surface area contributed by atoms with Crippen molar-refractivity contribution in [3.63, 3.8) is 0 Å². The molecule has 1 heterocycles. The van der Waals surface area contributed by atoms with Gasteiger partial charge < -0.3 is 10.5 Å². The quantitative estimate of drug-likeness (QED) is 0.733. The van der Waals surface area contributed by atoms with E-state index >= 15 is 0 Å². The number of methoxy groups -OCH3 is 1. The van der Waals surface area contributed by atoms with Crippen LogP contribution in [-0.2, 0) is 4.74 Å². The second kappa shape index (κ2) is 3.58. The first-order valence-electron chi connectivity index (χ1n) is 3.95. The van der Waals surface area contributed by atoms with Gasteiger partial charge in [0.1, 0.15) is 0 Å². The highest BCUT2D eigenvalue weighted by Gasteiger charge is 2.07. The number of aryl methyl sites for hydroxylation is 1. The molecule has 4 heteroatoms. The molecule has 0 spiro atoms. The minimum Gasteiger partial charge on any atom is -0.396 e. The maximum Gasteiger partial charge on any atom is 0.0823 e. The molecule has 1 unspecified atom stereocenters. The Balaban J connectivity index is 2.74. The van der Waals surface area contributed by atoms with Gasteiger partial charge in [0.05, 0.1) is 24.0 Å². The lowest BCUT2D eigenvalue weighted by atomic mass is 10.4. The normalized spacial score (nSPS) is 13.2. The Kier molecular flexibility index (Phi) is 2.70. The molecular weight excluding hydrogens is 154 g/mol. The van der Waals surface area contributed by atoms with Crippen LogP contribution in [-0.4, -0.2) is 23.5 Å². The van der Waals surface area contributed by atoms with E-state index in [1.807, 2.05) is 24.7 Å². The first-order valence-corrected chi connectivity index (χ1v) is 3.95. The van der Waals surface area contributed by atoms with Crippen molar-refractivity contribution in [3.8, 4) is 0 Å². The maximum absolute atomic E-state index is 5.65. The van der Waals surface area contributed by atoms with Crippen LogP contribution < -0.4 is 5.73 Å². The first-order chi connectivity index (χ1) is 5.65. The molecule has 1 aromatic heterocycles. The van der Waals surface area contributed by atoms with Crippen LogP contribution in [0.25, 0.3) is 0 Å². The Morgan fingerprint density at radius 3 is 2.83 bits per heavy atom. The standard InChI is InChI=1S/C8H15N3O/c1-6(5-12-3)11-4-8(9)7(2)10-11/h4,6H,5,9H2,1-3H3. The zero-order valence-electron chi connectivity index (χ0n) is 7.74. The average molecular weight is 169 g/mol. The largest absolute Gasteiger partial charge is 0.396 e. The minimum atomic E-state index is 0.242. The third kappa shape index (κ3) is 1.76. The van der Waals surface area contributed by atoms with Crippen LogP contribution in [0.1, 0.15) is 18.7 Å². The fourth-order valence-electron chi connectivity index (χ4n) is 1.04. The van der Waals surface area contributed by atoms with Gasteiger partial charge in [-0.3, -0.25) is 4.68 Å². The fourth-order valence-corrected chi connectivity index (χ4v) is 1.04. The molecule has 0 aromatic carbocycles. The number of nitrogens with two attached hydrogens (primary N) is 1. The van der Waals surface area contributed by atoms with Gasteiger partial charge in [-0.1, -0.05) is 0 Å². The van der Waals surface area contributed by atoms with Crippen LogP contribution in [0.4, 0.5) is 5.69 Å². The Hall–Kier alpha value is -1.03. The summed E-state index contributed by atoms with van der Waals surface area (Å²) in [6, 6.07) is 0.242. The van der Waals surface area contributed by atoms with E-state index in [2.05, 4.69) is 5.10 Å².